The summed E-state index contributed by atoms with van der Waals surface area (Å²) in [4.78, 5) is 14.9. The number of rotatable bonds is 7. The highest BCUT2D eigenvalue weighted by Crippen LogP contribution is 2.30. The number of nitrogens with one attached hydrogen (secondary N) is 1. The summed E-state index contributed by atoms with van der Waals surface area (Å²) in [6.07, 6.45) is 1.23. The van der Waals surface area contributed by atoms with E-state index in [1.54, 1.807) is 7.11 Å². The summed E-state index contributed by atoms with van der Waals surface area (Å²) in [7, 11) is 1.67. The van der Waals surface area contributed by atoms with Crippen LogP contribution in [0.3, 0.4) is 0 Å². The zero-order valence-corrected chi connectivity index (χ0v) is 16.1. The maximum absolute atomic E-state index is 13.0. The molecule has 0 aromatic heterocycles. The molecule has 27 heavy (non-hydrogen) atoms. The Morgan fingerprint density at radius 2 is 1.96 bits per heavy atom. The predicted molar refractivity (Wildman–Crippen MR) is 106 cm³/mol. The molecule has 0 saturated carbocycles. The second kappa shape index (κ2) is 9.42. The minimum atomic E-state index is 0.00253. The molecule has 2 aromatic carbocycles. The quantitative estimate of drug-likeness (QED) is 0.815. The molecule has 0 radical (unpaired) electrons. The lowest BCUT2D eigenvalue weighted by atomic mass is 10.0. The van der Waals surface area contributed by atoms with Crippen molar-refractivity contribution in [3.05, 3.63) is 59.7 Å². The minimum absolute atomic E-state index is 0.00253. The van der Waals surface area contributed by atoms with Crippen LogP contribution in [0.5, 0.6) is 11.5 Å². The molecule has 144 valence electrons. The number of hydrogen-bond acceptors (Lipinski definition) is 4. The molecule has 1 atom stereocenters. The summed E-state index contributed by atoms with van der Waals surface area (Å²) in [5, 5.41) is 3.40. The number of para-hydroxylation sites is 1. The average Bonchev–Trinajstić information content (AvgIpc) is 2.73. The van der Waals surface area contributed by atoms with Gasteiger partial charge in [-0.1, -0.05) is 30.3 Å². The van der Waals surface area contributed by atoms with Crippen LogP contribution >= 0.6 is 0 Å². The molecule has 1 saturated heterocycles. The molecule has 1 aliphatic rings. The van der Waals surface area contributed by atoms with Crippen molar-refractivity contribution in [3.8, 4) is 11.5 Å². The number of carbonyl (C=O) groups excluding carboxylic acids is 1. The van der Waals surface area contributed by atoms with Crippen LogP contribution in [-0.4, -0.2) is 44.2 Å². The second-order valence-corrected chi connectivity index (χ2v) is 6.63. The summed E-state index contributed by atoms with van der Waals surface area (Å²) in [5.74, 6) is 1.88. The lowest BCUT2D eigenvalue weighted by Crippen LogP contribution is -2.48. The van der Waals surface area contributed by atoms with Gasteiger partial charge in [0.05, 0.1) is 19.8 Å². The first kappa shape index (κ1) is 19.2. The largest absolute Gasteiger partial charge is 0.496 e. The summed E-state index contributed by atoms with van der Waals surface area (Å²) >= 11 is 0. The number of carbonyl (C=O) groups is 1. The molecular weight excluding hydrogens is 340 g/mol. The van der Waals surface area contributed by atoms with E-state index in [1.165, 1.54) is 0 Å². The highest BCUT2D eigenvalue weighted by atomic mass is 16.5. The molecule has 5 heteroatoms. The third-order valence-electron chi connectivity index (χ3n) is 4.92. The molecule has 5 nitrogen and oxygen atoms in total. The minimum Gasteiger partial charge on any atom is -0.496 e. The fourth-order valence-corrected chi connectivity index (χ4v) is 3.54. The van der Waals surface area contributed by atoms with Crippen molar-refractivity contribution in [2.24, 2.45) is 0 Å². The lowest BCUT2D eigenvalue weighted by molar-refractivity contribution is -0.134. The first-order chi connectivity index (χ1) is 13.2. The fraction of sp³-hybridized carbons (Fsp3) is 0.409. The van der Waals surface area contributed by atoms with E-state index in [4.69, 9.17) is 9.47 Å². The van der Waals surface area contributed by atoms with Gasteiger partial charge in [0.15, 0.2) is 0 Å². The highest BCUT2D eigenvalue weighted by Gasteiger charge is 2.29. The van der Waals surface area contributed by atoms with Crippen LogP contribution in [0, 0.1) is 0 Å². The van der Waals surface area contributed by atoms with E-state index >= 15 is 0 Å². The number of amides is 1. The van der Waals surface area contributed by atoms with Gasteiger partial charge in [0.2, 0.25) is 5.91 Å². The van der Waals surface area contributed by atoms with Crippen LogP contribution in [0.1, 0.15) is 30.5 Å². The molecule has 1 amide bonds. The number of methoxy groups -OCH3 is 1. The topological polar surface area (TPSA) is 50.8 Å². The number of benzene rings is 2. The van der Waals surface area contributed by atoms with Crippen molar-refractivity contribution in [2.75, 3.05) is 33.4 Å². The van der Waals surface area contributed by atoms with Gasteiger partial charge in [-0.2, -0.15) is 0 Å². The van der Waals surface area contributed by atoms with Crippen molar-refractivity contribution in [1.29, 1.82) is 0 Å². The smallest absolute Gasteiger partial charge is 0.223 e. The van der Waals surface area contributed by atoms with Crippen LogP contribution in [0.4, 0.5) is 0 Å². The van der Waals surface area contributed by atoms with Gasteiger partial charge in [0.25, 0.3) is 0 Å². The molecule has 1 unspecified atom stereocenters. The molecule has 3 rings (SSSR count). The van der Waals surface area contributed by atoms with Gasteiger partial charge in [0.1, 0.15) is 11.5 Å². The predicted octanol–water partition coefficient (Wildman–Crippen LogP) is 3.20. The standard InChI is InChI=1S/C22H28N2O3/c1-3-27-18-11-8-17(9-12-18)10-13-22(25)24-15-14-23-16-20(24)19-6-4-5-7-21(19)26-2/h4-9,11-12,20,23H,3,10,13-16H2,1-2H3. The van der Waals surface area contributed by atoms with Gasteiger partial charge in [0, 0.05) is 31.6 Å². The third kappa shape index (κ3) is 4.80. The lowest BCUT2D eigenvalue weighted by Gasteiger charge is -2.37. The SMILES string of the molecule is CCOc1ccc(CCC(=O)N2CCNCC2c2ccccc2OC)cc1. The van der Waals surface area contributed by atoms with Crippen molar-refractivity contribution < 1.29 is 14.3 Å². The Kier molecular flexibility index (Phi) is 6.71. The summed E-state index contributed by atoms with van der Waals surface area (Å²) in [5.41, 5.74) is 2.21. The fourth-order valence-electron chi connectivity index (χ4n) is 3.54. The van der Waals surface area contributed by atoms with Gasteiger partial charge >= 0.3 is 0 Å². The summed E-state index contributed by atoms with van der Waals surface area (Å²) in [6.45, 7) is 4.91. The van der Waals surface area contributed by atoms with Crippen LogP contribution in [-0.2, 0) is 11.2 Å². The van der Waals surface area contributed by atoms with Crippen LogP contribution in [0.2, 0.25) is 0 Å². The normalized spacial score (nSPS) is 16.8. The van der Waals surface area contributed by atoms with E-state index in [2.05, 4.69) is 5.32 Å². The maximum Gasteiger partial charge on any atom is 0.223 e. The maximum atomic E-state index is 13.0. The second-order valence-electron chi connectivity index (χ2n) is 6.63. The Bertz CT molecular complexity index is 745. The molecule has 1 aliphatic heterocycles. The summed E-state index contributed by atoms with van der Waals surface area (Å²) < 4.78 is 11.0. The first-order valence-electron chi connectivity index (χ1n) is 9.57. The van der Waals surface area contributed by atoms with Gasteiger partial charge in [-0.3, -0.25) is 4.79 Å². The number of ether oxygens (including phenoxy) is 2. The Hall–Kier alpha value is -2.53. The van der Waals surface area contributed by atoms with E-state index in [9.17, 15) is 4.79 Å². The van der Waals surface area contributed by atoms with E-state index in [0.717, 1.165) is 42.1 Å². The summed E-state index contributed by atoms with van der Waals surface area (Å²) in [6, 6.07) is 15.9. The van der Waals surface area contributed by atoms with Gasteiger partial charge in [-0.25, -0.2) is 0 Å². The van der Waals surface area contributed by atoms with E-state index in [0.29, 0.717) is 19.6 Å². The number of hydrogen-bond donors (Lipinski definition) is 1. The van der Waals surface area contributed by atoms with Crippen molar-refractivity contribution in [1.82, 2.24) is 10.2 Å². The Labute approximate surface area is 161 Å². The zero-order chi connectivity index (χ0) is 19.1. The number of aryl methyl sites for hydroxylation is 1. The molecule has 0 aliphatic carbocycles. The van der Waals surface area contributed by atoms with Gasteiger partial charge in [-0.15, -0.1) is 0 Å². The van der Waals surface area contributed by atoms with Gasteiger partial charge < -0.3 is 19.7 Å². The number of nitrogens with zero attached hydrogens (tertiary/aromatic N) is 1. The first-order valence-corrected chi connectivity index (χ1v) is 9.57. The third-order valence-corrected chi connectivity index (χ3v) is 4.92. The molecule has 0 spiro atoms. The van der Waals surface area contributed by atoms with Crippen LogP contribution in [0.15, 0.2) is 48.5 Å². The average molecular weight is 368 g/mol. The molecule has 2 aromatic rings. The Morgan fingerprint density at radius 1 is 1.19 bits per heavy atom. The Balaban J connectivity index is 1.66. The molecular formula is C22H28N2O3. The van der Waals surface area contributed by atoms with E-state index in [-0.39, 0.29) is 11.9 Å². The van der Waals surface area contributed by atoms with Crippen molar-refractivity contribution in [3.63, 3.8) is 0 Å². The zero-order valence-electron chi connectivity index (χ0n) is 16.1. The van der Waals surface area contributed by atoms with Gasteiger partial charge in [-0.05, 0) is 37.1 Å². The number of piperazine rings is 1. The van der Waals surface area contributed by atoms with Crippen molar-refractivity contribution >= 4 is 5.91 Å². The highest BCUT2D eigenvalue weighted by molar-refractivity contribution is 5.77. The molecule has 1 fully saturated rings. The van der Waals surface area contributed by atoms with E-state index in [1.807, 2.05) is 60.4 Å². The van der Waals surface area contributed by atoms with Crippen LogP contribution in [0.25, 0.3) is 0 Å². The molecule has 1 N–H and O–H groups in total. The molecule has 0 bridgehead atoms. The molecule has 1 heterocycles. The Morgan fingerprint density at radius 3 is 2.70 bits per heavy atom. The van der Waals surface area contributed by atoms with Crippen LogP contribution < -0.4 is 14.8 Å². The van der Waals surface area contributed by atoms with Crippen molar-refractivity contribution in [2.45, 2.75) is 25.8 Å². The monoisotopic (exact) mass is 368 g/mol. The van der Waals surface area contributed by atoms with E-state index < -0.39 is 0 Å².